The topological polar surface area (TPSA) is 87.8 Å². The van der Waals surface area contributed by atoms with E-state index in [0.29, 0.717) is 31.9 Å². The molecule has 0 unspecified atom stereocenters. The summed E-state index contributed by atoms with van der Waals surface area (Å²) in [6.45, 7) is 5.27. The van der Waals surface area contributed by atoms with Crippen molar-refractivity contribution < 1.29 is 9.59 Å². The first kappa shape index (κ1) is 22.9. The first-order valence-electron chi connectivity index (χ1n) is 11.0. The monoisotopic (exact) mass is 400 g/mol. The van der Waals surface area contributed by atoms with Crippen LogP contribution in [0.3, 0.4) is 0 Å². The molecule has 3 N–H and O–H groups in total. The average Bonchev–Trinajstić information content (AvgIpc) is 2.97. The third-order valence-electron chi connectivity index (χ3n) is 5.50. The number of aryl methyl sites for hydroxylation is 1. The van der Waals surface area contributed by atoms with E-state index < -0.39 is 5.54 Å². The average molecular weight is 401 g/mol. The zero-order valence-electron chi connectivity index (χ0n) is 18.0. The smallest absolute Gasteiger partial charge is 0.257 e. The number of hydrogen-bond acceptors (Lipinski definition) is 4. The maximum absolute atomic E-state index is 13.1. The number of guanidine groups is 1. The second-order valence-electron chi connectivity index (χ2n) is 7.85. The fourth-order valence-electron chi connectivity index (χ4n) is 3.74. The molecule has 0 fully saturated rings. The molecule has 2 amide bonds. The fourth-order valence-corrected chi connectivity index (χ4v) is 3.74. The number of hydrogen-bond donors (Lipinski definition) is 2. The number of nitrogens with two attached hydrogens (primary N) is 1. The van der Waals surface area contributed by atoms with Gasteiger partial charge in [-0.2, -0.15) is 0 Å². The van der Waals surface area contributed by atoms with Crippen molar-refractivity contribution in [2.24, 2.45) is 10.7 Å². The van der Waals surface area contributed by atoms with Gasteiger partial charge >= 0.3 is 0 Å². The van der Waals surface area contributed by atoms with Gasteiger partial charge in [-0.15, -0.1) is 0 Å². The Morgan fingerprint density at radius 3 is 2.38 bits per heavy atom. The Bertz CT molecular complexity index is 679. The van der Waals surface area contributed by atoms with Crippen LogP contribution in [0.25, 0.3) is 0 Å². The highest BCUT2D eigenvalue weighted by Gasteiger charge is 2.46. The Hall–Kier alpha value is -2.37. The molecule has 0 saturated carbocycles. The molecule has 29 heavy (non-hydrogen) atoms. The lowest BCUT2D eigenvalue weighted by Gasteiger charge is -2.26. The molecule has 0 bridgehead atoms. The minimum atomic E-state index is -0.672. The highest BCUT2D eigenvalue weighted by molar-refractivity contribution is 6.06. The molecule has 0 atom stereocenters. The Kier molecular flexibility index (Phi) is 9.16. The lowest BCUT2D eigenvalue weighted by molar-refractivity contribution is -0.131. The Morgan fingerprint density at radius 2 is 1.76 bits per heavy atom. The molecule has 160 valence electrons. The van der Waals surface area contributed by atoms with Gasteiger partial charge in [0.2, 0.25) is 5.91 Å². The van der Waals surface area contributed by atoms with Gasteiger partial charge in [-0.3, -0.25) is 14.5 Å². The number of nitrogens with one attached hydrogen (secondary N) is 1. The van der Waals surface area contributed by atoms with Gasteiger partial charge in [0.05, 0.1) is 0 Å². The van der Waals surface area contributed by atoms with Crippen molar-refractivity contribution >= 4 is 17.8 Å². The standard InChI is InChI=1S/C23H36N4O2/c1-3-5-15-23(16-6-4-2)21(29)27(22(24)26-23)18-10-17-25-20(28)14-13-19-11-8-7-9-12-19/h7-9,11-12H,3-6,10,13-18H2,1-2H3,(H2,24,26)(H,25,28). The van der Waals surface area contributed by atoms with Crippen LogP contribution in [0, 0.1) is 0 Å². The van der Waals surface area contributed by atoms with Crippen molar-refractivity contribution in [3.05, 3.63) is 35.9 Å². The molecule has 0 saturated heterocycles. The Balaban J connectivity index is 1.77. The van der Waals surface area contributed by atoms with Crippen LogP contribution in [0.5, 0.6) is 0 Å². The highest BCUT2D eigenvalue weighted by atomic mass is 16.2. The minimum absolute atomic E-state index is 0.0310. The predicted octanol–water partition coefficient (Wildman–Crippen LogP) is 3.40. The van der Waals surface area contributed by atoms with Crippen LogP contribution in [-0.4, -0.2) is 41.3 Å². The minimum Gasteiger partial charge on any atom is -0.369 e. The van der Waals surface area contributed by atoms with Crippen LogP contribution in [0.15, 0.2) is 35.3 Å². The zero-order chi connectivity index (χ0) is 21.1. The molecule has 0 radical (unpaired) electrons. The summed E-state index contributed by atoms with van der Waals surface area (Å²) in [5, 5.41) is 2.94. The first-order chi connectivity index (χ1) is 14.0. The van der Waals surface area contributed by atoms with Gasteiger partial charge < -0.3 is 11.1 Å². The fraction of sp³-hybridized carbons (Fsp3) is 0.609. The van der Waals surface area contributed by atoms with E-state index in [1.165, 1.54) is 0 Å². The summed E-state index contributed by atoms with van der Waals surface area (Å²) in [4.78, 5) is 31.4. The van der Waals surface area contributed by atoms with Crippen LogP contribution in [0.4, 0.5) is 0 Å². The summed E-state index contributed by atoms with van der Waals surface area (Å²) in [5.74, 6) is 0.397. The van der Waals surface area contributed by atoms with Gasteiger partial charge in [0.25, 0.3) is 5.91 Å². The van der Waals surface area contributed by atoms with Gasteiger partial charge in [-0.05, 0) is 31.2 Å². The van der Waals surface area contributed by atoms with E-state index in [4.69, 9.17) is 5.73 Å². The number of aliphatic imine (C=N–C) groups is 1. The molecule has 2 rings (SSSR count). The summed E-state index contributed by atoms with van der Waals surface area (Å²) in [5.41, 5.74) is 6.60. The second-order valence-corrected chi connectivity index (χ2v) is 7.85. The predicted molar refractivity (Wildman–Crippen MR) is 118 cm³/mol. The highest BCUT2D eigenvalue weighted by Crippen LogP contribution is 2.32. The summed E-state index contributed by atoms with van der Waals surface area (Å²) < 4.78 is 0. The maximum atomic E-state index is 13.1. The van der Waals surface area contributed by atoms with Crippen molar-refractivity contribution in [3.8, 4) is 0 Å². The summed E-state index contributed by atoms with van der Waals surface area (Å²) >= 11 is 0. The van der Waals surface area contributed by atoms with Gasteiger partial charge in [0, 0.05) is 19.5 Å². The number of unbranched alkanes of at least 4 members (excludes halogenated alkanes) is 2. The van der Waals surface area contributed by atoms with Crippen LogP contribution in [0.2, 0.25) is 0 Å². The molecule has 1 aliphatic heterocycles. The van der Waals surface area contributed by atoms with E-state index in [1.807, 2.05) is 30.3 Å². The van der Waals surface area contributed by atoms with Crippen molar-refractivity contribution in [3.63, 3.8) is 0 Å². The van der Waals surface area contributed by atoms with E-state index in [9.17, 15) is 9.59 Å². The molecule has 6 nitrogen and oxygen atoms in total. The van der Waals surface area contributed by atoms with Crippen molar-refractivity contribution in [2.75, 3.05) is 13.1 Å². The van der Waals surface area contributed by atoms with Gasteiger partial charge in [0.15, 0.2) is 5.96 Å². The van der Waals surface area contributed by atoms with Crippen LogP contribution < -0.4 is 11.1 Å². The molecular formula is C23H36N4O2. The number of nitrogens with zero attached hydrogens (tertiary/aromatic N) is 2. The second kappa shape index (κ2) is 11.6. The molecule has 0 aliphatic carbocycles. The van der Waals surface area contributed by atoms with E-state index >= 15 is 0 Å². The summed E-state index contributed by atoms with van der Waals surface area (Å²) in [6, 6.07) is 9.98. The van der Waals surface area contributed by atoms with E-state index in [1.54, 1.807) is 4.90 Å². The van der Waals surface area contributed by atoms with E-state index in [0.717, 1.165) is 50.5 Å². The van der Waals surface area contributed by atoms with E-state index in [-0.39, 0.29) is 11.8 Å². The Labute approximate surface area is 174 Å². The lowest BCUT2D eigenvalue weighted by atomic mass is 9.87. The number of amides is 2. The molecule has 6 heteroatoms. The van der Waals surface area contributed by atoms with Crippen LogP contribution in [-0.2, 0) is 16.0 Å². The molecule has 1 aromatic rings. The van der Waals surface area contributed by atoms with Crippen molar-refractivity contribution in [1.29, 1.82) is 0 Å². The molecule has 0 spiro atoms. The normalized spacial score (nSPS) is 15.4. The first-order valence-corrected chi connectivity index (χ1v) is 11.0. The van der Waals surface area contributed by atoms with Gasteiger partial charge in [0.1, 0.15) is 5.54 Å². The molecule has 1 heterocycles. The van der Waals surface area contributed by atoms with Crippen LogP contribution >= 0.6 is 0 Å². The molecule has 0 aromatic heterocycles. The Morgan fingerprint density at radius 1 is 1.10 bits per heavy atom. The van der Waals surface area contributed by atoms with E-state index in [2.05, 4.69) is 24.2 Å². The van der Waals surface area contributed by atoms with Crippen molar-refractivity contribution in [2.45, 2.75) is 77.2 Å². The van der Waals surface area contributed by atoms with Gasteiger partial charge in [-0.1, -0.05) is 69.9 Å². The zero-order valence-corrected chi connectivity index (χ0v) is 18.0. The van der Waals surface area contributed by atoms with Crippen molar-refractivity contribution in [1.82, 2.24) is 10.2 Å². The molecule has 1 aliphatic rings. The quantitative estimate of drug-likeness (QED) is 0.498. The third kappa shape index (κ3) is 6.58. The number of carbonyl (C=O) groups is 2. The van der Waals surface area contributed by atoms with Gasteiger partial charge in [-0.25, -0.2) is 4.99 Å². The SMILES string of the molecule is CCCCC1(CCCC)N=C(N)N(CCCNC(=O)CCc2ccccc2)C1=O. The summed E-state index contributed by atoms with van der Waals surface area (Å²) in [6.07, 6.45) is 7.39. The number of carbonyl (C=O) groups excluding carboxylic acids is 2. The number of benzene rings is 1. The third-order valence-corrected chi connectivity index (χ3v) is 5.50. The molecule has 1 aromatic carbocycles. The largest absolute Gasteiger partial charge is 0.369 e. The summed E-state index contributed by atoms with van der Waals surface area (Å²) in [7, 11) is 0. The lowest BCUT2D eigenvalue weighted by Crippen LogP contribution is -2.45. The maximum Gasteiger partial charge on any atom is 0.257 e. The number of rotatable bonds is 13. The van der Waals surface area contributed by atoms with Crippen LogP contribution in [0.1, 0.15) is 70.8 Å². The molecular weight excluding hydrogens is 364 g/mol.